The van der Waals surface area contributed by atoms with Crippen molar-refractivity contribution in [1.82, 2.24) is 14.8 Å². The van der Waals surface area contributed by atoms with Crippen LogP contribution in [-0.4, -0.2) is 33.5 Å². The Hall–Kier alpha value is -2.72. The first-order valence-electron chi connectivity index (χ1n) is 9.98. The van der Waals surface area contributed by atoms with Gasteiger partial charge in [0.15, 0.2) is 5.16 Å². The molecule has 11 heteroatoms. The van der Waals surface area contributed by atoms with Crippen molar-refractivity contribution in [2.75, 3.05) is 18.2 Å². The SMILES string of the molecule is COc1ccc(CCCc2nnc(SCC(=O)Nc3cc(C(F)(F)F)ccc3Cl)n2C)cc1. The molecule has 0 radical (unpaired) electrons. The minimum atomic E-state index is -4.53. The summed E-state index contributed by atoms with van der Waals surface area (Å²) in [5, 5.41) is 11.3. The number of nitrogens with zero attached hydrogens (tertiary/aromatic N) is 3. The maximum atomic E-state index is 12.9. The van der Waals surface area contributed by atoms with E-state index in [4.69, 9.17) is 16.3 Å². The Balaban J connectivity index is 1.51. The zero-order chi connectivity index (χ0) is 24.0. The van der Waals surface area contributed by atoms with Crippen molar-refractivity contribution in [3.8, 4) is 5.75 Å². The number of amides is 1. The predicted octanol–water partition coefficient (Wildman–Crippen LogP) is 5.40. The summed E-state index contributed by atoms with van der Waals surface area (Å²) in [5.74, 6) is 1.05. The molecule has 1 amide bonds. The molecule has 3 aromatic rings. The number of ether oxygens (including phenoxy) is 1. The molecule has 33 heavy (non-hydrogen) atoms. The van der Waals surface area contributed by atoms with Gasteiger partial charge in [0.25, 0.3) is 0 Å². The Morgan fingerprint density at radius 2 is 1.88 bits per heavy atom. The second-order valence-electron chi connectivity index (χ2n) is 7.19. The highest BCUT2D eigenvalue weighted by atomic mass is 35.5. The molecule has 6 nitrogen and oxygen atoms in total. The fourth-order valence-electron chi connectivity index (χ4n) is 3.05. The van der Waals surface area contributed by atoms with Crippen molar-refractivity contribution in [1.29, 1.82) is 0 Å². The van der Waals surface area contributed by atoms with E-state index in [-0.39, 0.29) is 16.5 Å². The largest absolute Gasteiger partial charge is 0.497 e. The molecule has 176 valence electrons. The lowest BCUT2D eigenvalue weighted by molar-refractivity contribution is -0.137. The molecule has 1 aromatic heterocycles. The molecule has 0 saturated carbocycles. The Morgan fingerprint density at radius 1 is 1.15 bits per heavy atom. The normalized spacial score (nSPS) is 11.5. The lowest BCUT2D eigenvalue weighted by Crippen LogP contribution is -2.16. The molecular formula is C22H22ClF3N4O2S. The quantitative estimate of drug-likeness (QED) is 0.400. The zero-order valence-corrected chi connectivity index (χ0v) is 19.5. The number of rotatable bonds is 9. The summed E-state index contributed by atoms with van der Waals surface area (Å²) in [5.41, 5.74) is 0.217. The maximum Gasteiger partial charge on any atom is 0.416 e. The molecule has 0 aliphatic rings. The number of halogens is 4. The first-order valence-corrected chi connectivity index (χ1v) is 11.3. The van der Waals surface area contributed by atoms with E-state index in [9.17, 15) is 18.0 Å². The number of aryl methyl sites for hydroxylation is 2. The van der Waals surface area contributed by atoms with E-state index in [1.165, 1.54) is 5.56 Å². The van der Waals surface area contributed by atoms with Gasteiger partial charge in [-0.2, -0.15) is 13.2 Å². The van der Waals surface area contributed by atoms with Crippen molar-refractivity contribution in [3.05, 3.63) is 64.4 Å². The van der Waals surface area contributed by atoms with Crippen molar-refractivity contribution >= 4 is 35.0 Å². The van der Waals surface area contributed by atoms with Crippen LogP contribution in [0.2, 0.25) is 5.02 Å². The first kappa shape index (κ1) is 24.9. The van der Waals surface area contributed by atoms with Crippen LogP contribution in [-0.2, 0) is 30.9 Å². The van der Waals surface area contributed by atoms with Crippen molar-refractivity contribution in [2.24, 2.45) is 7.05 Å². The van der Waals surface area contributed by atoms with Crippen LogP contribution < -0.4 is 10.1 Å². The Labute approximate surface area is 198 Å². The van der Waals surface area contributed by atoms with Gasteiger partial charge in [0.2, 0.25) is 5.91 Å². The van der Waals surface area contributed by atoms with E-state index in [0.717, 1.165) is 54.4 Å². The number of thioether (sulfide) groups is 1. The van der Waals surface area contributed by atoms with Gasteiger partial charge in [-0.25, -0.2) is 0 Å². The second kappa shape index (κ2) is 10.9. The number of alkyl halides is 3. The number of hydrogen-bond acceptors (Lipinski definition) is 5. The first-order chi connectivity index (χ1) is 15.7. The molecule has 0 fully saturated rings. The van der Waals surface area contributed by atoms with E-state index in [0.29, 0.717) is 11.6 Å². The topological polar surface area (TPSA) is 69.0 Å². The molecule has 0 saturated heterocycles. The van der Waals surface area contributed by atoms with Crippen LogP contribution in [0.25, 0.3) is 0 Å². The Bertz CT molecular complexity index is 1100. The number of methoxy groups -OCH3 is 1. The van der Waals surface area contributed by atoms with Gasteiger partial charge in [0.05, 0.1) is 29.1 Å². The van der Waals surface area contributed by atoms with Crippen LogP contribution in [0.5, 0.6) is 5.75 Å². The molecular weight excluding hydrogens is 477 g/mol. The van der Waals surface area contributed by atoms with Crippen LogP contribution in [0, 0.1) is 0 Å². The second-order valence-corrected chi connectivity index (χ2v) is 8.54. The third-order valence-electron chi connectivity index (χ3n) is 4.85. The van der Waals surface area contributed by atoms with E-state index in [2.05, 4.69) is 15.5 Å². The number of anilines is 1. The lowest BCUT2D eigenvalue weighted by Gasteiger charge is -2.11. The number of carbonyl (C=O) groups excluding carboxylic acids is 1. The summed E-state index contributed by atoms with van der Waals surface area (Å²) in [6, 6.07) is 10.7. The van der Waals surface area contributed by atoms with Crippen molar-refractivity contribution < 1.29 is 22.7 Å². The summed E-state index contributed by atoms with van der Waals surface area (Å²) in [4.78, 5) is 12.3. The number of hydrogen-bond donors (Lipinski definition) is 1. The summed E-state index contributed by atoms with van der Waals surface area (Å²) >= 11 is 7.07. The zero-order valence-electron chi connectivity index (χ0n) is 17.9. The molecule has 1 N–H and O–H groups in total. The number of carbonyl (C=O) groups is 1. The van der Waals surface area contributed by atoms with Gasteiger partial charge in [-0.15, -0.1) is 10.2 Å². The van der Waals surface area contributed by atoms with Gasteiger partial charge in [0, 0.05) is 13.5 Å². The molecule has 0 atom stereocenters. The summed E-state index contributed by atoms with van der Waals surface area (Å²) in [6.45, 7) is 0. The number of benzene rings is 2. The van der Waals surface area contributed by atoms with Gasteiger partial charge >= 0.3 is 6.18 Å². The molecule has 0 aliphatic carbocycles. The fraction of sp³-hybridized carbons (Fsp3) is 0.318. The molecule has 2 aromatic carbocycles. The smallest absolute Gasteiger partial charge is 0.416 e. The van der Waals surface area contributed by atoms with E-state index in [1.54, 1.807) is 7.11 Å². The molecule has 0 bridgehead atoms. The van der Waals surface area contributed by atoms with Gasteiger partial charge in [0.1, 0.15) is 11.6 Å². The van der Waals surface area contributed by atoms with Crippen molar-refractivity contribution in [2.45, 2.75) is 30.6 Å². The highest BCUT2D eigenvalue weighted by Crippen LogP contribution is 2.34. The average Bonchev–Trinajstić information content (AvgIpc) is 3.13. The molecule has 3 rings (SSSR count). The monoisotopic (exact) mass is 498 g/mol. The van der Waals surface area contributed by atoms with Crippen LogP contribution in [0.3, 0.4) is 0 Å². The lowest BCUT2D eigenvalue weighted by atomic mass is 10.1. The molecule has 1 heterocycles. The Kier molecular flexibility index (Phi) is 8.25. The standard InChI is InChI=1S/C22H22ClF3N4O2S/c1-30-19(5-3-4-14-6-9-16(32-2)10-7-14)28-29-21(30)33-13-20(31)27-18-12-15(22(24,25)26)8-11-17(18)23/h6-12H,3-5,13H2,1-2H3,(H,27,31). The number of aromatic nitrogens is 3. The van der Waals surface area contributed by atoms with Crippen LogP contribution in [0.4, 0.5) is 18.9 Å². The van der Waals surface area contributed by atoms with E-state index in [1.807, 2.05) is 35.9 Å². The van der Waals surface area contributed by atoms with E-state index >= 15 is 0 Å². The molecule has 0 spiro atoms. The summed E-state index contributed by atoms with van der Waals surface area (Å²) in [7, 11) is 3.44. The Morgan fingerprint density at radius 3 is 2.55 bits per heavy atom. The average molecular weight is 499 g/mol. The van der Waals surface area contributed by atoms with Gasteiger partial charge in [-0.3, -0.25) is 4.79 Å². The fourth-order valence-corrected chi connectivity index (χ4v) is 3.94. The van der Waals surface area contributed by atoms with Crippen LogP contribution in [0.15, 0.2) is 47.6 Å². The van der Waals surface area contributed by atoms with Crippen LogP contribution in [0.1, 0.15) is 23.4 Å². The van der Waals surface area contributed by atoms with Crippen molar-refractivity contribution in [3.63, 3.8) is 0 Å². The summed E-state index contributed by atoms with van der Waals surface area (Å²) in [6.07, 6.45) is -2.07. The highest BCUT2D eigenvalue weighted by Gasteiger charge is 2.31. The predicted molar refractivity (Wildman–Crippen MR) is 122 cm³/mol. The van der Waals surface area contributed by atoms with Gasteiger partial charge in [-0.05, 0) is 48.7 Å². The maximum absolute atomic E-state index is 12.9. The van der Waals surface area contributed by atoms with E-state index < -0.39 is 17.6 Å². The summed E-state index contributed by atoms with van der Waals surface area (Å²) < 4.78 is 45.6. The third-order valence-corrected chi connectivity index (χ3v) is 6.20. The third kappa shape index (κ3) is 6.88. The molecule has 0 aliphatic heterocycles. The highest BCUT2D eigenvalue weighted by molar-refractivity contribution is 7.99. The van der Waals surface area contributed by atoms with Gasteiger partial charge < -0.3 is 14.6 Å². The minimum Gasteiger partial charge on any atom is -0.497 e. The van der Waals surface area contributed by atoms with Gasteiger partial charge in [-0.1, -0.05) is 35.5 Å². The minimum absolute atomic E-state index is 0.0270. The number of nitrogens with one attached hydrogen (secondary N) is 1. The molecule has 0 unspecified atom stereocenters. The van der Waals surface area contributed by atoms with Crippen LogP contribution >= 0.6 is 23.4 Å².